The highest BCUT2D eigenvalue weighted by molar-refractivity contribution is 7.13. The molecule has 0 fully saturated rings. The maximum absolute atomic E-state index is 11.9. The summed E-state index contributed by atoms with van der Waals surface area (Å²) >= 11 is 1.34. The number of aromatic nitrogens is 3. The zero-order chi connectivity index (χ0) is 19.5. The van der Waals surface area contributed by atoms with Gasteiger partial charge in [-0.05, 0) is 18.4 Å². The summed E-state index contributed by atoms with van der Waals surface area (Å²) in [6.07, 6.45) is 2.95. The van der Waals surface area contributed by atoms with Gasteiger partial charge in [0.05, 0.1) is 10.6 Å². The highest BCUT2D eigenvalue weighted by atomic mass is 32.1. The third-order valence-corrected chi connectivity index (χ3v) is 4.96. The lowest BCUT2D eigenvalue weighted by Crippen LogP contribution is -2.20. The molecule has 8 nitrogen and oxygen atoms in total. The number of rotatable bonds is 6. The number of nitrogens with zero attached hydrogens (tertiary/aromatic N) is 5. The molecule has 0 aliphatic rings. The number of fused-ring (bicyclic) bond motifs is 1. The Hall–Kier alpha value is -3.59. The first-order valence-corrected chi connectivity index (χ1v) is 9.48. The van der Waals surface area contributed by atoms with Gasteiger partial charge in [-0.25, -0.2) is 15.0 Å². The summed E-state index contributed by atoms with van der Waals surface area (Å²) in [7, 11) is 0. The Kier molecular flexibility index (Phi) is 4.81. The van der Waals surface area contributed by atoms with Crippen molar-refractivity contribution in [2.45, 2.75) is 6.92 Å². The van der Waals surface area contributed by atoms with E-state index >= 15 is 0 Å². The van der Waals surface area contributed by atoms with Gasteiger partial charge in [-0.1, -0.05) is 36.4 Å². The lowest BCUT2D eigenvalue weighted by Gasteiger charge is -2.23. The molecule has 0 atom stereocenters. The molecule has 9 heteroatoms. The number of benzene rings is 2. The maximum atomic E-state index is 11.9. The van der Waals surface area contributed by atoms with E-state index in [1.54, 1.807) is 11.6 Å². The fraction of sp³-hybridized carbons (Fsp3) is 0.105. The normalized spacial score (nSPS) is 10.8. The van der Waals surface area contributed by atoms with Crippen LogP contribution in [0.25, 0.3) is 10.8 Å². The van der Waals surface area contributed by atoms with Crippen LogP contribution in [0.15, 0.2) is 60.4 Å². The van der Waals surface area contributed by atoms with Crippen LogP contribution in [0, 0.1) is 10.1 Å². The molecule has 2 aromatic carbocycles. The summed E-state index contributed by atoms with van der Waals surface area (Å²) < 4.78 is 0. The van der Waals surface area contributed by atoms with Gasteiger partial charge in [-0.3, -0.25) is 10.1 Å². The van der Waals surface area contributed by atoms with Crippen LogP contribution in [0.4, 0.5) is 28.1 Å². The second-order valence-corrected chi connectivity index (χ2v) is 6.75. The summed E-state index contributed by atoms with van der Waals surface area (Å²) in [5.41, 5.74) is 0.662. The molecule has 0 spiro atoms. The summed E-state index contributed by atoms with van der Waals surface area (Å²) in [5.74, 6) is 0.349. The number of hydrogen-bond acceptors (Lipinski definition) is 8. The summed E-state index contributed by atoms with van der Waals surface area (Å²) in [6.45, 7) is 2.43. The van der Waals surface area contributed by atoms with Crippen molar-refractivity contribution >= 4 is 50.3 Å². The maximum Gasteiger partial charge on any atom is 0.354 e. The molecule has 0 bridgehead atoms. The molecule has 140 valence electrons. The number of thiazole rings is 1. The van der Waals surface area contributed by atoms with E-state index in [0.29, 0.717) is 11.7 Å². The van der Waals surface area contributed by atoms with E-state index in [1.807, 2.05) is 54.3 Å². The van der Waals surface area contributed by atoms with Crippen LogP contribution in [0.2, 0.25) is 0 Å². The third kappa shape index (κ3) is 3.23. The second kappa shape index (κ2) is 7.57. The molecule has 0 radical (unpaired) electrons. The Labute approximate surface area is 164 Å². The van der Waals surface area contributed by atoms with Crippen molar-refractivity contribution in [3.05, 3.63) is 70.5 Å². The molecular weight excluding hydrogens is 376 g/mol. The van der Waals surface area contributed by atoms with Crippen molar-refractivity contribution in [1.29, 1.82) is 0 Å². The van der Waals surface area contributed by atoms with Crippen molar-refractivity contribution in [3.63, 3.8) is 0 Å². The average Bonchev–Trinajstić information content (AvgIpc) is 3.22. The SMILES string of the molecule is CCN(c1ncnc(Nc2nccs2)c1[N+](=O)[O-])c1cccc2ccccc12. The van der Waals surface area contributed by atoms with E-state index in [2.05, 4.69) is 20.3 Å². The van der Waals surface area contributed by atoms with Gasteiger partial charge in [0.25, 0.3) is 0 Å². The minimum atomic E-state index is -0.459. The molecule has 0 amide bonds. The van der Waals surface area contributed by atoms with E-state index in [9.17, 15) is 10.1 Å². The van der Waals surface area contributed by atoms with Crippen LogP contribution in [-0.4, -0.2) is 26.4 Å². The van der Waals surface area contributed by atoms with Crippen LogP contribution < -0.4 is 10.2 Å². The molecule has 2 aromatic heterocycles. The second-order valence-electron chi connectivity index (χ2n) is 5.86. The van der Waals surface area contributed by atoms with Gasteiger partial charge in [-0.2, -0.15) is 0 Å². The summed E-state index contributed by atoms with van der Waals surface area (Å²) in [4.78, 5) is 25.8. The largest absolute Gasteiger partial charge is 0.354 e. The standard InChI is InChI=1S/C19H16N6O2S/c1-2-24(15-9-5-7-13-6-3-4-8-14(13)15)18-16(25(26)27)17(21-12-22-18)23-19-20-10-11-28-19/h3-12H,2H2,1H3,(H,20,21,22,23). The minimum Gasteiger partial charge on any atom is -0.320 e. The van der Waals surface area contributed by atoms with Gasteiger partial charge >= 0.3 is 5.69 Å². The Bertz CT molecular complexity index is 1130. The molecule has 1 N–H and O–H groups in total. The molecular formula is C19H16N6O2S. The molecule has 4 rings (SSSR count). The number of hydrogen-bond donors (Lipinski definition) is 1. The topological polar surface area (TPSA) is 97.1 Å². The van der Waals surface area contributed by atoms with Crippen molar-refractivity contribution in [1.82, 2.24) is 15.0 Å². The Balaban J connectivity index is 1.87. The Morgan fingerprint density at radius 2 is 1.96 bits per heavy atom. The Morgan fingerprint density at radius 3 is 2.71 bits per heavy atom. The first-order valence-electron chi connectivity index (χ1n) is 8.60. The Morgan fingerprint density at radius 1 is 1.14 bits per heavy atom. The molecule has 0 unspecified atom stereocenters. The van der Waals surface area contributed by atoms with Crippen molar-refractivity contribution in [2.24, 2.45) is 0 Å². The zero-order valence-electron chi connectivity index (χ0n) is 14.9. The molecule has 0 saturated heterocycles. The highest BCUT2D eigenvalue weighted by Crippen LogP contribution is 2.39. The lowest BCUT2D eigenvalue weighted by atomic mass is 10.1. The van der Waals surface area contributed by atoms with Gasteiger partial charge in [-0.15, -0.1) is 11.3 Å². The van der Waals surface area contributed by atoms with Gasteiger partial charge in [0.15, 0.2) is 5.13 Å². The number of nitro groups is 1. The van der Waals surface area contributed by atoms with Gasteiger partial charge in [0.1, 0.15) is 6.33 Å². The van der Waals surface area contributed by atoms with Crippen molar-refractivity contribution < 1.29 is 4.92 Å². The predicted molar refractivity (Wildman–Crippen MR) is 111 cm³/mol. The third-order valence-electron chi connectivity index (χ3n) is 4.27. The van der Waals surface area contributed by atoms with E-state index in [-0.39, 0.29) is 17.3 Å². The van der Waals surface area contributed by atoms with Gasteiger partial charge in [0, 0.05) is 23.5 Å². The molecule has 2 heterocycles. The molecule has 4 aromatic rings. The lowest BCUT2D eigenvalue weighted by molar-refractivity contribution is -0.383. The van der Waals surface area contributed by atoms with E-state index in [0.717, 1.165) is 16.5 Å². The van der Waals surface area contributed by atoms with E-state index < -0.39 is 4.92 Å². The van der Waals surface area contributed by atoms with Crippen molar-refractivity contribution in [2.75, 3.05) is 16.8 Å². The van der Waals surface area contributed by atoms with E-state index in [4.69, 9.17) is 0 Å². The fourth-order valence-electron chi connectivity index (χ4n) is 3.09. The summed E-state index contributed by atoms with van der Waals surface area (Å²) in [6, 6.07) is 13.8. The minimum absolute atomic E-state index is 0.114. The molecule has 0 aliphatic carbocycles. The fourth-order valence-corrected chi connectivity index (χ4v) is 3.62. The van der Waals surface area contributed by atoms with Crippen LogP contribution in [-0.2, 0) is 0 Å². The monoisotopic (exact) mass is 392 g/mol. The van der Waals surface area contributed by atoms with Crippen LogP contribution in [0.1, 0.15) is 6.92 Å². The predicted octanol–water partition coefficient (Wildman–Crippen LogP) is 4.90. The average molecular weight is 392 g/mol. The number of anilines is 4. The van der Waals surface area contributed by atoms with Crippen molar-refractivity contribution in [3.8, 4) is 0 Å². The zero-order valence-corrected chi connectivity index (χ0v) is 15.8. The molecule has 0 aliphatic heterocycles. The van der Waals surface area contributed by atoms with Crippen LogP contribution in [0.3, 0.4) is 0 Å². The van der Waals surface area contributed by atoms with E-state index in [1.165, 1.54) is 17.7 Å². The number of nitrogens with one attached hydrogen (secondary N) is 1. The van der Waals surface area contributed by atoms with Gasteiger partial charge < -0.3 is 10.2 Å². The first-order chi connectivity index (χ1) is 13.7. The van der Waals surface area contributed by atoms with Crippen LogP contribution >= 0.6 is 11.3 Å². The molecule has 28 heavy (non-hydrogen) atoms. The highest BCUT2D eigenvalue weighted by Gasteiger charge is 2.28. The quantitative estimate of drug-likeness (QED) is 0.368. The first kappa shape index (κ1) is 17.8. The summed E-state index contributed by atoms with van der Waals surface area (Å²) in [5, 5.41) is 19.2. The van der Waals surface area contributed by atoms with Crippen LogP contribution in [0.5, 0.6) is 0 Å². The smallest absolute Gasteiger partial charge is 0.320 e. The van der Waals surface area contributed by atoms with Gasteiger partial charge in [0.2, 0.25) is 11.6 Å². The molecule has 0 saturated carbocycles.